The molecule has 1 saturated carbocycles. The zero-order valence-electron chi connectivity index (χ0n) is 10.1. The number of anilines is 2. The van der Waals surface area contributed by atoms with Crippen LogP contribution in [-0.4, -0.2) is 28.5 Å². The molecule has 1 heterocycles. The van der Waals surface area contributed by atoms with Gasteiger partial charge in [-0.15, -0.1) is 0 Å². The molecule has 94 valence electrons. The van der Waals surface area contributed by atoms with Crippen LogP contribution in [-0.2, 0) is 0 Å². The second-order valence-corrected chi connectivity index (χ2v) is 5.17. The third-order valence-electron chi connectivity index (χ3n) is 2.67. The summed E-state index contributed by atoms with van der Waals surface area (Å²) in [5, 5.41) is 3.32. The quantitative estimate of drug-likeness (QED) is 0.391. The van der Waals surface area contributed by atoms with Crippen LogP contribution in [0.15, 0.2) is 6.07 Å². The number of hydrazine groups is 1. The van der Waals surface area contributed by atoms with E-state index in [1.165, 1.54) is 12.8 Å². The second kappa shape index (κ2) is 6.07. The van der Waals surface area contributed by atoms with Crippen LogP contribution in [0.5, 0.6) is 0 Å². The summed E-state index contributed by atoms with van der Waals surface area (Å²) in [7, 11) is 0. The smallest absolute Gasteiger partial charge is 0.145 e. The van der Waals surface area contributed by atoms with Gasteiger partial charge in [-0.2, -0.15) is 11.8 Å². The molecule has 0 saturated heterocycles. The van der Waals surface area contributed by atoms with Crippen molar-refractivity contribution in [3.63, 3.8) is 0 Å². The van der Waals surface area contributed by atoms with Crippen molar-refractivity contribution in [1.29, 1.82) is 0 Å². The van der Waals surface area contributed by atoms with Gasteiger partial charge in [0.05, 0.1) is 0 Å². The molecule has 0 amide bonds. The van der Waals surface area contributed by atoms with Gasteiger partial charge in [0, 0.05) is 18.5 Å². The number of aromatic nitrogens is 2. The molecule has 0 spiro atoms. The van der Waals surface area contributed by atoms with Crippen molar-refractivity contribution in [3.05, 3.63) is 11.9 Å². The maximum Gasteiger partial charge on any atom is 0.145 e. The van der Waals surface area contributed by atoms with Gasteiger partial charge in [0.2, 0.25) is 0 Å². The van der Waals surface area contributed by atoms with Crippen molar-refractivity contribution in [1.82, 2.24) is 9.97 Å². The van der Waals surface area contributed by atoms with Crippen molar-refractivity contribution in [2.75, 3.05) is 29.3 Å². The van der Waals surface area contributed by atoms with Gasteiger partial charge >= 0.3 is 0 Å². The number of thioether (sulfide) groups is 1. The summed E-state index contributed by atoms with van der Waals surface area (Å²) < 4.78 is 0. The fourth-order valence-electron chi connectivity index (χ4n) is 1.59. The Kier molecular flexibility index (Phi) is 4.44. The van der Waals surface area contributed by atoms with Crippen molar-refractivity contribution < 1.29 is 0 Å². The zero-order chi connectivity index (χ0) is 12.1. The van der Waals surface area contributed by atoms with E-state index in [-0.39, 0.29) is 0 Å². The monoisotopic (exact) mass is 253 g/mol. The molecule has 0 bridgehead atoms. The van der Waals surface area contributed by atoms with Crippen LogP contribution in [0.1, 0.15) is 31.0 Å². The standard InChI is InChI=1S/C11H19N5S/c1-17-6-2-5-13-9-7-10(16-12)15-11(14-9)8-3-4-8/h7-8H,2-6,12H2,1H3,(H2,13,14,15,16). The summed E-state index contributed by atoms with van der Waals surface area (Å²) >= 11 is 1.86. The highest BCUT2D eigenvalue weighted by Gasteiger charge is 2.27. The van der Waals surface area contributed by atoms with E-state index in [4.69, 9.17) is 5.84 Å². The zero-order valence-corrected chi connectivity index (χ0v) is 10.9. The Hall–Kier alpha value is -1.01. The molecule has 0 atom stereocenters. The van der Waals surface area contributed by atoms with Crippen LogP contribution in [0.2, 0.25) is 0 Å². The van der Waals surface area contributed by atoms with E-state index >= 15 is 0 Å². The largest absolute Gasteiger partial charge is 0.370 e. The second-order valence-electron chi connectivity index (χ2n) is 4.19. The van der Waals surface area contributed by atoms with E-state index in [1.807, 2.05) is 17.8 Å². The molecule has 0 aliphatic heterocycles. The topological polar surface area (TPSA) is 75.9 Å². The van der Waals surface area contributed by atoms with E-state index in [0.717, 1.165) is 30.4 Å². The number of nitrogens with one attached hydrogen (secondary N) is 2. The van der Waals surface area contributed by atoms with Crippen LogP contribution in [0.4, 0.5) is 11.6 Å². The lowest BCUT2D eigenvalue weighted by Gasteiger charge is -2.09. The van der Waals surface area contributed by atoms with Crippen LogP contribution >= 0.6 is 11.8 Å². The Morgan fingerprint density at radius 3 is 2.82 bits per heavy atom. The molecule has 1 aromatic heterocycles. The number of rotatable bonds is 7. The minimum absolute atomic E-state index is 0.537. The molecule has 0 unspecified atom stereocenters. The number of nitrogens with two attached hydrogens (primary N) is 1. The highest BCUT2D eigenvalue weighted by molar-refractivity contribution is 7.98. The summed E-state index contributed by atoms with van der Waals surface area (Å²) in [5.74, 6) is 9.58. The average Bonchev–Trinajstić information content (AvgIpc) is 3.18. The summed E-state index contributed by atoms with van der Waals surface area (Å²) in [4.78, 5) is 8.88. The number of hydrogen-bond acceptors (Lipinski definition) is 6. The third kappa shape index (κ3) is 3.74. The Morgan fingerprint density at radius 1 is 1.41 bits per heavy atom. The van der Waals surface area contributed by atoms with Crippen LogP contribution < -0.4 is 16.6 Å². The molecule has 6 heteroatoms. The Bertz CT molecular complexity index is 367. The first-order chi connectivity index (χ1) is 8.33. The predicted molar refractivity (Wildman–Crippen MR) is 73.3 cm³/mol. The molecule has 0 radical (unpaired) electrons. The van der Waals surface area contributed by atoms with Gasteiger partial charge < -0.3 is 10.7 Å². The fourth-order valence-corrected chi connectivity index (χ4v) is 2.02. The Labute approximate surface area is 106 Å². The van der Waals surface area contributed by atoms with Crippen LogP contribution in [0.25, 0.3) is 0 Å². The van der Waals surface area contributed by atoms with Crippen molar-refractivity contribution in [3.8, 4) is 0 Å². The van der Waals surface area contributed by atoms with Gasteiger partial charge in [0.1, 0.15) is 17.5 Å². The number of nitrogens with zero attached hydrogens (tertiary/aromatic N) is 2. The molecule has 1 fully saturated rings. The number of nitrogen functional groups attached to an aromatic ring is 1. The minimum atomic E-state index is 0.537. The highest BCUT2D eigenvalue weighted by Crippen LogP contribution is 2.38. The highest BCUT2D eigenvalue weighted by atomic mass is 32.2. The molecule has 4 N–H and O–H groups in total. The van der Waals surface area contributed by atoms with Gasteiger partial charge in [-0.05, 0) is 31.3 Å². The van der Waals surface area contributed by atoms with E-state index in [2.05, 4.69) is 27.0 Å². The van der Waals surface area contributed by atoms with E-state index in [1.54, 1.807) is 0 Å². The molecule has 17 heavy (non-hydrogen) atoms. The van der Waals surface area contributed by atoms with E-state index in [0.29, 0.717) is 11.7 Å². The maximum absolute atomic E-state index is 5.41. The maximum atomic E-state index is 5.41. The molecular formula is C11H19N5S. The molecular weight excluding hydrogens is 234 g/mol. The lowest BCUT2D eigenvalue weighted by atomic mass is 10.3. The first-order valence-electron chi connectivity index (χ1n) is 5.92. The summed E-state index contributed by atoms with van der Waals surface area (Å²) in [6, 6.07) is 1.85. The third-order valence-corrected chi connectivity index (χ3v) is 3.36. The van der Waals surface area contributed by atoms with Crippen LogP contribution in [0, 0.1) is 0 Å². The van der Waals surface area contributed by atoms with E-state index in [9.17, 15) is 0 Å². The van der Waals surface area contributed by atoms with Gasteiger partial charge in [-0.1, -0.05) is 0 Å². The fraction of sp³-hybridized carbons (Fsp3) is 0.636. The van der Waals surface area contributed by atoms with Gasteiger partial charge in [0.25, 0.3) is 0 Å². The normalized spacial score (nSPS) is 14.7. The molecule has 1 aliphatic rings. The van der Waals surface area contributed by atoms with Gasteiger partial charge in [-0.3, -0.25) is 0 Å². The predicted octanol–water partition coefficient (Wildman–Crippen LogP) is 1.80. The molecule has 1 aliphatic carbocycles. The van der Waals surface area contributed by atoms with Crippen molar-refractivity contribution >= 4 is 23.4 Å². The molecule has 5 nitrogen and oxygen atoms in total. The Balaban J connectivity index is 1.97. The summed E-state index contributed by atoms with van der Waals surface area (Å²) in [5.41, 5.74) is 2.60. The SMILES string of the molecule is CSCCCNc1cc(NN)nc(C2CC2)n1. The first kappa shape index (κ1) is 12.4. The number of hydrogen-bond donors (Lipinski definition) is 3. The summed E-state index contributed by atoms with van der Waals surface area (Å²) in [6.07, 6.45) is 5.64. The minimum Gasteiger partial charge on any atom is -0.370 e. The average molecular weight is 253 g/mol. The molecule has 2 rings (SSSR count). The van der Waals surface area contributed by atoms with Crippen molar-refractivity contribution in [2.24, 2.45) is 5.84 Å². The van der Waals surface area contributed by atoms with E-state index < -0.39 is 0 Å². The van der Waals surface area contributed by atoms with Gasteiger partial charge in [0.15, 0.2) is 0 Å². The Morgan fingerprint density at radius 2 is 2.18 bits per heavy atom. The molecule has 1 aromatic rings. The first-order valence-corrected chi connectivity index (χ1v) is 7.31. The lowest BCUT2D eigenvalue weighted by Crippen LogP contribution is -2.12. The van der Waals surface area contributed by atoms with Crippen molar-refractivity contribution in [2.45, 2.75) is 25.2 Å². The summed E-state index contributed by atoms with van der Waals surface area (Å²) in [6.45, 7) is 0.936. The van der Waals surface area contributed by atoms with Gasteiger partial charge in [-0.25, -0.2) is 15.8 Å². The van der Waals surface area contributed by atoms with Crippen LogP contribution in [0.3, 0.4) is 0 Å². The molecule has 0 aromatic carbocycles. The lowest BCUT2D eigenvalue weighted by molar-refractivity contribution is 0.910.